The molecule has 5 nitrogen and oxygen atoms in total. The maximum Gasteiger partial charge on any atom is 0.217 e. The number of pyridine rings is 1. The number of nitrogens with zero attached hydrogens (tertiary/aromatic N) is 2. The van der Waals surface area contributed by atoms with Crippen molar-refractivity contribution in [3.05, 3.63) is 95.6 Å². The van der Waals surface area contributed by atoms with E-state index < -0.39 is 5.60 Å². The predicted molar refractivity (Wildman–Crippen MR) is 131 cm³/mol. The van der Waals surface area contributed by atoms with Crippen LogP contribution in [-0.2, 0) is 32.2 Å². The number of aromatic nitrogens is 1. The summed E-state index contributed by atoms with van der Waals surface area (Å²) in [6.45, 7) is 6.65. The van der Waals surface area contributed by atoms with Gasteiger partial charge in [0.2, 0.25) is 5.88 Å². The Hall–Kier alpha value is -3.17. The fourth-order valence-corrected chi connectivity index (χ4v) is 5.04. The SMILES string of the molecule is CC(C)(C)[C@@]12Cc3ccccc3[C@@H]1N=C(c1[c-]c(Oc3ccc4cccc(O)c4n3)ccc1)O2.[Pt]. The number of fused-ring (bicyclic) bond motifs is 4. The summed E-state index contributed by atoms with van der Waals surface area (Å²) < 4.78 is 12.7. The largest absolute Gasteiger partial charge is 0.510 e. The van der Waals surface area contributed by atoms with E-state index in [4.69, 9.17) is 14.5 Å². The van der Waals surface area contributed by atoms with Crippen LogP contribution >= 0.6 is 0 Å². The number of hydrogen-bond acceptors (Lipinski definition) is 5. The summed E-state index contributed by atoms with van der Waals surface area (Å²) in [6, 6.07) is 26.3. The average molecular weight is 645 g/mol. The quantitative estimate of drug-likeness (QED) is 0.263. The zero-order valence-corrected chi connectivity index (χ0v) is 22.0. The summed E-state index contributed by atoms with van der Waals surface area (Å²) in [5.41, 5.74) is 3.23. The van der Waals surface area contributed by atoms with Crippen molar-refractivity contribution in [3.63, 3.8) is 0 Å². The van der Waals surface area contributed by atoms with Gasteiger partial charge in [-0.05, 0) is 23.3 Å². The first-order valence-corrected chi connectivity index (χ1v) is 11.5. The van der Waals surface area contributed by atoms with Gasteiger partial charge < -0.3 is 14.6 Å². The van der Waals surface area contributed by atoms with Crippen LogP contribution in [0.15, 0.2) is 77.8 Å². The summed E-state index contributed by atoms with van der Waals surface area (Å²) in [4.78, 5) is 9.52. The van der Waals surface area contributed by atoms with Gasteiger partial charge in [-0.2, -0.15) is 0 Å². The third-order valence-electron chi connectivity index (χ3n) is 6.93. The van der Waals surface area contributed by atoms with Gasteiger partial charge in [-0.1, -0.05) is 68.8 Å². The van der Waals surface area contributed by atoms with Gasteiger partial charge in [0.1, 0.15) is 28.8 Å². The summed E-state index contributed by atoms with van der Waals surface area (Å²) in [6.07, 6.45) is 0.824. The molecular formula is C29H25N2O3Pt-. The van der Waals surface area contributed by atoms with Crippen molar-refractivity contribution in [2.45, 2.75) is 38.8 Å². The van der Waals surface area contributed by atoms with Crippen LogP contribution in [0.4, 0.5) is 0 Å². The molecule has 3 aromatic carbocycles. The van der Waals surface area contributed by atoms with Gasteiger partial charge in [-0.3, -0.25) is 4.99 Å². The average Bonchev–Trinajstić information content (AvgIpc) is 3.35. The zero-order valence-electron chi connectivity index (χ0n) is 19.7. The second-order valence-electron chi connectivity index (χ2n) is 9.98. The Morgan fingerprint density at radius 3 is 2.63 bits per heavy atom. The van der Waals surface area contributed by atoms with Crippen LogP contribution < -0.4 is 4.74 Å². The Bertz CT molecular complexity index is 1460. The maximum atomic E-state index is 10.1. The molecule has 2 atom stereocenters. The number of ether oxygens (including phenoxy) is 2. The summed E-state index contributed by atoms with van der Waals surface area (Å²) in [5, 5.41) is 11.0. The number of hydrogen-bond donors (Lipinski definition) is 1. The molecule has 0 radical (unpaired) electrons. The molecule has 0 amide bonds. The molecule has 1 aliphatic carbocycles. The number of phenolic OH excluding ortho intramolecular Hbond substituents is 1. The third-order valence-corrected chi connectivity index (χ3v) is 6.93. The fraction of sp³-hybridized carbons (Fsp3) is 0.241. The Kier molecular flexibility index (Phi) is 5.72. The van der Waals surface area contributed by atoms with E-state index in [-0.39, 0.29) is 38.3 Å². The molecule has 0 saturated heterocycles. The molecule has 180 valence electrons. The predicted octanol–water partition coefficient (Wildman–Crippen LogP) is 6.39. The van der Waals surface area contributed by atoms with Gasteiger partial charge in [0.25, 0.3) is 0 Å². The van der Waals surface area contributed by atoms with Gasteiger partial charge in [0.05, 0.1) is 0 Å². The van der Waals surface area contributed by atoms with Crippen LogP contribution in [0, 0.1) is 11.5 Å². The van der Waals surface area contributed by atoms with Crippen LogP contribution in [0.1, 0.15) is 43.5 Å². The van der Waals surface area contributed by atoms with Crippen LogP contribution in [0.2, 0.25) is 0 Å². The van der Waals surface area contributed by atoms with E-state index in [1.165, 1.54) is 11.1 Å². The van der Waals surface area contributed by atoms with Gasteiger partial charge in [-0.15, -0.1) is 18.2 Å². The molecule has 1 N–H and O–H groups in total. The first-order chi connectivity index (χ1) is 16.3. The van der Waals surface area contributed by atoms with Crippen molar-refractivity contribution in [1.29, 1.82) is 0 Å². The maximum absolute atomic E-state index is 10.1. The monoisotopic (exact) mass is 644 g/mol. The number of rotatable bonds is 3. The van der Waals surface area contributed by atoms with Crippen LogP contribution in [0.25, 0.3) is 10.9 Å². The standard InChI is InChI=1S/C29H25N2O3.Pt/c1-28(2,3)29-17-20-8-4-5-12-22(20)26(29)31-27(34-29)19-10-6-11-21(16-19)33-24-15-14-18-9-7-13-23(32)25(18)30-24;/h4-15,26,32H,17H2,1-3H3;/q-1;/t26-,29+;/m0./s1. The van der Waals surface area contributed by atoms with Gasteiger partial charge >= 0.3 is 0 Å². The second kappa shape index (κ2) is 8.49. The van der Waals surface area contributed by atoms with Gasteiger partial charge in [0, 0.05) is 50.1 Å². The minimum absolute atomic E-state index is 0. The molecular weight excluding hydrogens is 619 g/mol. The second-order valence-corrected chi connectivity index (χ2v) is 9.98. The van der Waals surface area contributed by atoms with Crippen LogP contribution in [0.5, 0.6) is 17.4 Å². The number of benzene rings is 3. The molecule has 1 aromatic heterocycles. The van der Waals surface area contributed by atoms with Crippen LogP contribution in [0.3, 0.4) is 0 Å². The first-order valence-electron chi connectivity index (χ1n) is 11.5. The van der Waals surface area contributed by atoms with Gasteiger partial charge in [-0.25, -0.2) is 4.98 Å². The zero-order chi connectivity index (χ0) is 23.5. The Morgan fingerprint density at radius 1 is 1.00 bits per heavy atom. The van der Waals surface area contributed by atoms with Crippen molar-refractivity contribution in [3.8, 4) is 17.4 Å². The Labute approximate surface area is 219 Å². The smallest absolute Gasteiger partial charge is 0.217 e. The van der Waals surface area contributed by atoms with Crippen molar-refractivity contribution < 1.29 is 35.6 Å². The molecule has 2 aliphatic rings. The Morgan fingerprint density at radius 2 is 1.80 bits per heavy atom. The van der Waals surface area contributed by atoms with E-state index in [0.717, 1.165) is 17.4 Å². The molecule has 2 heterocycles. The minimum Gasteiger partial charge on any atom is -0.510 e. The molecule has 4 aromatic rings. The van der Waals surface area contributed by atoms with E-state index in [1.54, 1.807) is 18.2 Å². The van der Waals surface area contributed by atoms with Crippen molar-refractivity contribution in [2.24, 2.45) is 10.4 Å². The number of aliphatic imine (C=N–C) groups is 1. The van der Waals surface area contributed by atoms with Crippen molar-refractivity contribution in [2.75, 3.05) is 0 Å². The van der Waals surface area contributed by atoms with E-state index in [0.29, 0.717) is 23.0 Å². The Balaban J connectivity index is 0.00000253. The molecule has 6 rings (SSSR count). The molecule has 0 fully saturated rings. The number of phenols is 1. The topological polar surface area (TPSA) is 63.9 Å². The fourth-order valence-electron chi connectivity index (χ4n) is 5.04. The molecule has 35 heavy (non-hydrogen) atoms. The molecule has 1 aliphatic heterocycles. The molecule has 0 unspecified atom stereocenters. The minimum atomic E-state index is -0.436. The van der Waals surface area contributed by atoms with E-state index in [2.05, 4.69) is 56.1 Å². The molecule has 0 saturated carbocycles. The van der Waals surface area contributed by atoms with E-state index in [1.807, 2.05) is 30.3 Å². The summed E-state index contributed by atoms with van der Waals surface area (Å²) in [5.74, 6) is 1.60. The summed E-state index contributed by atoms with van der Waals surface area (Å²) in [7, 11) is 0. The van der Waals surface area contributed by atoms with Gasteiger partial charge in [0.15, 0.2) is 0 Å². The third kappa shape index (κ3) is 3.83. The molecule has 6 heteroatoms. The molecule has 0 bridgehead atoms. The van der Waals surface area contributed by atoms with E-state index >= 15 is 0 Å². The van der Waals surface area contributed by atoms with Crippen LogP contribution in [-0.4, -0.2) is 21.6 Å². The van der Waals surface area contributed by atoms with Crippen molar-refractivity contribution >= 4 is 16.8 Å². The number of para-hydroxylation sites is 1. The number of aromatic hydroxyl groups is 1. The van der Waals surface area contributed by atoms with Crippen molar-refractivity contribution in [1.82, 2.24) is 4.98 Å². The summed E-state index contributed by atoms with van der Waals surface area (Å²) >= 11 is 0. The normalized spacial score (nSPS) is 20.4. The molecule has 0 spiro atoms. The van der Waals surface area contributed by atoms with E-state index in [9.17, 15) is 5.11 Å². The first kappa shape index (κ1) is 23.6.